The Bertz CT molecular complexity index is 464. The second kappa shape index (κ2) is 5.50. The summed E-state index contributed by atoms with van der Waals surface area (Å²) in [6, 6.07) is 5.59. The molecular weight excluding hydrogens is 230 g/mol. The second-order valence-corrected chi connectivity index (χ2v) is 4.57. The highest BCUT2D eigenvalue weighted by Crippen LogP contribution is 2.23. The molecule has 0 spiro atoms. The summed E-state index contributed by atoms with van der Waals surface area (Å²) in [7, 11) is 0. The summed E-state index contributed by atoms with van der Waals surface area (Å²) in [6.45, 7) is 1.63. The molecule has 0 bridgehead atoms. The van der Waals surface area contributed by atoms with Gasteiger partial charge in [-0.3, -0.25) is 4.79 Å². The van der Waals surface area contributed by atoms with Crippen molar-refractivity contribution >= 4 is 11.8 Å². The van der Waals surface area contributed by atoms with Crippen LogP contribution in [-0.2, 0) is 4.79 Å². The van der Waals surface area contributed by atoms with E-state index < -0.39 is 5.97 Å². The fourth-order valence-corrected chi connectivity index (χ4v) is 2.33. The number of nitriles is 1. The number of hydrogen-bond acceptors (Lipinski definition) is 4. The minimum Gasteiger partial charge on any atom is -0.481 e. The lowest BCUT2D eigenvalue weighted by Crippen LogP contribution is -2.36. The summed E-state index contributed by atoms with van der Waals surface area (Å²) in [5, 5.41) is 17.5. The minimum atomic E-state index is -0.741. The molecular formula is C13H15N3O2. The highest BCUT2D eigenvalue weighted by Gasteiger charge is 2.22. The molecule has 94 valence electrons. The molecule has 5 nitrogen and oxygen atoms in total. The number of pyridine rings is 1. The normalized spacial score (nSPS) is 19.3. The smallest absolute Gasteiger partial charge is 0.303 e. The van der Waals surface area contributed by atoms with Gasteiger partial charge in [0.25, 0.3) is 0 Å². The van der Waals surface area contributed by atoms with E-state index in [1.165, 1.54) is 0 Å². The molecule has 1 atom stereocenters. The molecule has 5 heteroatoms. The van der Waals surface area contributed by atoms with E-state index in [1.54, 1.807) is 12.3 Å². The monoisotopic (exact) mass is 245 g/mol. The summed E-state index contributed by atoms with van der Waals surface area (Å²) in [4.78, 5) is 17.1. The number of carboxylic acid groups (broad SMARTS) is 1. The van der Waals surface area contributed by atoms with Crippen LogP contribution in [0, 0.1) is 17.2 Å². The summed E-state index contributed by atoms with van der Waals surface area (Å²) in [5.74, 6) is 0.271. The zero-order valence-electron chi connectivity index (χ0n) is 10.0. The van der Waals surface area contributed by atoms with Crippen molar-refractivity contribution in [1.29, 1.82) is 5.26 Å². The topological polar surface area (TPSA) is 77.2 Å². The van der Waals surface area contributed by atoms with E-state index in [0.717, 1.165) is 31.7 Å². The van der Waals surface area contributed by atoms with Crippen LogP contribution in [0.3, 0.4) is 0 Å². The van der Waals surface area contributed by atoms with E-state index >= 15 is 0 Å². The van der Waals surface area contributed by atoms with Gasteiger partial charge in [-0.15, -0.1) is 0 Å². The first kappa shape index (κ1) is 12.4. The van der Waals surface area contributed by atoms with Gasteiger partial charge < -0.3 is 10.0 Å². The van der Waals surface area contributed by atoms with E-state index in [-0.39, 0.29) is 12.3 Å². The lowest BCUT2D eigenvalue weighted by atomic mass is 9.95. The number of nitrogens with zero attached hydrogens (tertiary/aromatic N) is 3. The van der Waals surface area contributed by atoms with Gasteiger partial charge in [0.05, 0.1) is 5.56 Å². The van der Waals surface area contributed by atoms with Crippen LogP contribution in [0.1, 0.15) is 24.8 Å². The molecule has 2 rings (SSSR count). The lowest BCUT2D eigenvalue weighted by molar-refractivity contribution is -0.138. The van der Waals surface area contributed by atoms with Crippen molar-refractivity contribution in [2.45, 2.75) is 19.3 Å². The number of aliphatic carboxylic acids is 1. The fourth-order valence-electron chi connectivity index (χ4n) is 2.33. The summed E-state index contributed by atoms with van der Waals surface area (Å²) in [6.07, 6.45) is 3.71. The Kier molecular flexibility index (Phi) is 3.78. The van der Waals surface area contributed by atoms with Crippen LogP contribution in [0.25, 0.3) is 0 Å². The third-order valence-corrected chi connectivity index (χ3v) is 3.18. The molecule has 1 aliphatic rings. The Balaban J connectivity index is 2.03. The van der Waals surface area contributed by atoms with Crippen LogP contribution < -0.4 is 4.90 Å². The highest BCUT2D eigenvalue weighted by atomic mass is 16.4. The van der Waals surface area contributed by atoms with E-state index in [1.807, 2.05) is 12.1 Å². The van der Waals surface area contributed by atoms with Crippen molar-refractivity contribution in [3.05, 3.63) is 23.9 Å². The molecule has 1 aromatic rings. The Labute approximate surface area is 106 Å². The average Bonchev–Trinajstić information content (AvgIpc) is 2.38. The van der Waals surface area contributed by atoms with Gasteiger partial charge in [-0.05, 0) is 30.9 Å². The Morgan fingerprint density at radius 1 is 1.61 bits per heavy atom. The largest absolute Gasteiger partial charge is 0.481 e. The zero-order chi connectivity index (χ0) is 13.0. The standard InChI is InChI=1S/C13H15N3O2/c14-7-11-3-4-12(15-8-11)16-5-1-2-10(9-16)6-13(17)18/h3-4,8,10H,1-2,5-6,9H2,(H,17,18). The number of rotatable bonds is 3. The first-order valence-electron chi connectivity index (χ1n) is 6.02. The summed E-state index contributed by atoms with van der Waals surface area (Å²) < 4.78 is 0. The molecule has 0 amide bonds. The van der Waals surface area contributed by atoms with Crippen LogP contribution in [0.15, 0.2) is 18.3 Å². The zero-order valence-corrected chi connectivity index (χ0v) is 10.0. The molecule has 1 aliphatic heterocycles. The molecule has 1 saturated heterocycles. The van der Waals surface area contributed by atoms with Gasteiger partial charge in [0.1, 0.15) is 11.9 Å². The number of anilines is 1. The average molecular weight is 245 g/mol. The minimum absolute atomic E-state index is 0.189. The van der Waals surface area contributed by atoms with Gasteiger partial charge >= 0.3 is 5.97 Å². The van der Waals surface area contributed by atoms with Crippen LogP contribution in [0.5, 0.6) is 0 Å². The van der Waals surface area contributed by atoms with E-state index in [0.29, 0.717) is 5.56 Å². The van der Waals surface area contributed by atoms with Crippen molar-refractivity contribution in [1.82, 2.24) is 4.98 Å². The number of hydrogen-bond donors (Lipinski definition) is 1. The molecule has 2 heterocycles. The number of carboxylic acids is 1. The van der Waals surface area contributed by atoms with Crippen LogP contribution in [-0.4, -0.2) is 29.1 Å². The third-order valence-electron chi connectivity index (χ3n) is 3.18. The molecule has 18 heavy (non-hydrogen) atoms. The van der Waals surface area contributed by atoms with Gasteiger partial charge in [0.2, 0.25) is 0 Å². The van der Waals surface area contributed by atoms with Crippen LogP contribution >= 0.6 is 0 Å². The second-order valence-electron chi connectivity index (χ2n) is 4.57. The van der Waals surface area contributed by atoms with Crippen molar-refractivity contribution < 1.29 is 9.90 Å². The van der Waals surface area contributed by atoms with Gasteiger partial charge in [0.15, 0.2) is 0 Å². The van der Waals surface area contributed by atoms with Crippen molar-refractivity contribution in [3.8, 4) is 6.07 Å². The highest BCUT2D eigenvalue weighted by molar-refractivity contribution is 5.67. The molecule has 1 aromatic heterocycles. The maximum absolute atomic E-state index is 10.7. The first-order valence-corrected chi connectivity index (χ1v) is 6.02. The Morgan fingerprint density at radius 2 is 2.44 bits per heavy atom. The molecule has 1 N–H and O–H groups in total. The fraction of sp³-hybridized carbons (Fsp3) is 0.462. The lowest BCUT2D eigenvalue weighted by Gasteiger charge is -2.32. The van der Waals surface area contributed by atoms with Gasteiger partial charge in [-0.25, -0.2) is 4.98 Å². The predicted octanol–water partition coefficient (Wildman–Crippen LogP) is 1.64. The molecule has 1 unspecified atom stereocenters. The Morgan fingerprint density at radius 3 is 3.06 bits per heavy atom. The SMILES string of the molecule is N#Cc1ccc(N2CCCC(CC(=O)O)C2)nc1. The van der Waals surface area contributed by atoms with Gasteiger partial charge in [-0.2, -0.15) is 5.26 Å². The molecule has 1 fully saturated rings. The Hall–Kier alpha value is -2.09. The van der Waals surface area contributed by atoms with E-state index in [9.17, 15) is 4.79 Å². The van der Waals surface area contributed by atoms with Gasteiger partial charge in [-0.1, -0.05) is 0 Å². The van der Waals surface area contributed by atoms with Gasteiger partial charge in [0, 0.05) is 25.7 Å². The number of carbonyl (C=O) groups is 1. The molecule has 0 aliphatic carbocycles. The molecule has 0 radical (unpaired) electrons. The summed E-state index contributed by atoms with van der Waals surface area (Å²) in [5.41, 5.74) is 0.540. The van der Waals surface area contributed by atoms with Crippen molar-refractivity contribution in [2.75, 3.05) is 18.0 Å². The predicted molar refractivity (Wildman–Crippen MR) is 66.1 cm³/mol. The van der Waals surface area contributed by atoms with E-state index in [4.69, 9.17) is 10.4 Å². The maximum atomic E-state index is 10.7. The third kappa shape index (κ3) is 2.98. The van der Waals surface area contributed by atoms with Crippen molar-refractivity contribution in [2.24, 2.45) is 5.92 Å². The first-order chi connectivity index (χ1) is 8.69. The van der Waals surface area contributed by atoms with Crippen LogP contribution in [0.4, 0.5) is 5.82 Å². The number of aromatic nitrogens is 1. The molecule has 0 aromatic carbocycles. The van der Waals surface area contributed by atoms with Crippen molar-refractivity contribution in [3.63, 3.8) is 0 Å². The quantitative estimate of drug-likeness (QED) is 0.876. The molecule has 0 saturated carbocycles. The van der Waals surface area contributed by atoms with Crippen LogP contribution in [0.2, 0.25) is 0 Å². The maximum Gasteiger partial charge on any atom is 0.303 e. The number of piperidine rings is 1. The summed E-state index contributed by atoms with van der Waals surface area (Å²) >= 11 is 0. The van der Waals surface area contributed by atoms with E-state index in [2.05, 4.69) is 9.88 Å².